The lowest BCUT2D eigenvalue weighted by Crippen LogP contribution is -2.49. The molecule has 5 nitrogen and oxygen atoms in total. The first-order valence-corrected chi connectivity index (χ1v) is 10.2. The largest absolute Gasteiger partial charge is 0.356 e. The minimum absolute atomic E-state index is 0.0605. The maximum atomic E-state index is 13.0. The first kappa shape index (κ1) is 19.2. The van der Waals surface area contributed by atoms with Gasteiger partial charge >= 0.3 is 0 Å². The smallest absolute Gasteiger partial charge is 0.244 e. The Hall–Kier alpha value is -1.11. The fraction of sp³-hybridized carbons (Fsp3) is 0.588. The lowest BCUT2D eigenvalue weighted by atomic mass is 9.94. The van der Waals surface area contributed by atoms with E-state index in [1.54, 1.807) is 18.2 Å². The molecule has 0 saturated carbocycles. The number of amides is 1. The van der Waals surface area contributed by atoms with Crippen molar-refractivity contribution in [3.05, 3.63) is 29.3 Å². The number of nitrogens with zero attached hydrogens (tertiary/aromatic N) is 1. The normalized spacial score (nSPS) is 22.3. The minimum atomic E-state index is -3.71. The summed E-state index contributed by atoms with van der Waals surface area (Å²) >= 11 is 6.07. The Kier molecular flexibility index (Phi) is 6.66. The third-order valence-corrected chi connectivity index (χ3v) is 6.93. The van der Waals surface area contributed by atoms with Crippen LogP contribution in [0.4, 0.5) is 0 Å². The van der Waals surface area contributed by atoms with Crippen LogP contribution in [0.1, 0.15) is 39.5 Å². The molecule has 0 aromatic heterocycles. The molecule has 0 spiro atoms. The fourth-order valence-electron chi connectivity index (χ4n) is 2.94. The van der Waals surface area contributed by atoms with Crippen LogP contribution in [0.5, 0.6) is 0 Å². The molecule has 134 valence electrons. The Balaban J connectivity index is 2.16. The molecule has 1 aliphatic rings. The molecular weight excluding hydrogens is 348 g/mol. The Morgan fingerprint density at radius 3 is 2.71 bits per heavy atom. The third kappa shape index (κ3) is 4.29. The van der Waals surface area contributed by atoms with Crippen LogP contribution in [-0.2, 0) is 14.8 Å². The molecular formula is C17H25ClN2O3S. The van der Waals surface area contributed by atoms with Gasteiger partial charge in [0.1, 0.15) is 4.90 Å². The highest BCUT2D eigenvalue weighted by atomic mass is 35.5. The van der Waals surface area contributed by atoms with E-state index in [1.807, 2.05) is 6.92 Å². The quantitative estimate of drug-likeness (QED) is 0.780. The molecule has 7 heteroatoms. The van der Waals surface area contributed by atoms with Gasteiger partial charge in [-0.1, -0.05) is 37.1 Å². The summed E-state index contributed by atoms with van der Waals surface area (Å²) in [4.78, 5) is 12.4. The second-order valence-electron chi connectivity index (χ2n) is 6.27. The Bertz CT molecular complexity index is 678. The van der Waals surface area contributed by atoms with Crippen LogP contribution >= 0.6 is 11.6 Å². The molecule has 24 heavy (non-hydrogen) atoms. The van der Waals surface area contributed by atoms with E-state index in [0.717, 1.165) is 12.8 Å². The summed E-state index contributed by atoms with van der Waals surface area (Å²) in [5.74, 6) is -0.370. The molecule has 0 radical (unpaired) electrons. The molecule has 0 aliphatic carbocycles. The summed E-state index contributed by atoms with van der Waals surface area (Å²) in [5.41, 5.74) is 0. The van der Waals surface area contributed by atoms with E-state index in [9.17, 15) is 13.2 Å². The predicted molar refractivity (Wildman–Crippen MR) is 95.4 cm³/mol. The van der Waals surface area contributed by atoms with E-state index in [-0.39, 0.29) is 34.3 Å². The monoisotopic (exact) mass is 372 g/mol. The summed E-state index contributed by atoms with van der Waals surface area (Å²) < 4.78 is 27.3. The SMILES string of the molecule is CCCCNC(=O)C1CCC(C)N(S(=O)(=O)c2ccccc2Cl)C1. The first-order chi connectivity index (χ1) is 11.4. The average molecular weight is 373 g/mol. The zero-order chi connectivity index (χ0) is 17.7. The van der Waals surface area contributed by atoms with Gasteiger partial charge in [-0.3, -0.25) is 4.79 Å². The number of nitrogens with one attached hydrogen (secondary N) is 1. The molecule has 1 aromatic rings. The molecule has 1 N–H and O–H groups in total. The van der Waals surface area contributed by atoms with Crippen molar-refractivity contribution >= 4 is 27.5 Å². The number of hydrogen-bond donors (Lipinski definition) is 1. The number of unbranched alkanes of at least 4 members (excludes halogenated alkanes) is 1. The highest BCUT2D eigenvalue weighted by molar-refractivity contribution is 7.89. The van der Waals surface area contributed by atoms with Gasteiger partial charge in [-0.15, -0.1) is 0 Å². The average Bonchev–Trinajstić information content (AvgIpc) is 2.55. The molecule has 0 bridgehead atoms. The van der Waals surface area contributed by atoms with Crippen molar-refractivity contribution in [1.82, 2.24) is 9.62 Å². The van der Waals surface area contributed by atoms with Crippen molar-refractivity contribution < 1.29 is 13.2 Å². The highest BCUT2D eigenvalue weighted by Gasteiger charge is 2.38. The number of sulfonamides is 1. The van der Waals surface area contributed by atoms with Crippen molar-refractivity contribution in [2.24, 2.45) is 5.92 Å². The number of hydrogen-bond acceptors (Lipinski definition) is 3. The molecule has 1 aliphatic heterocycles. The molecule has 1 fully saturated rings. The number of halogens is 1. The van der Waals surface area contributed by atoms with Crippen LogP contribution in [0, 0.1) is 5.92 Å². The number of carbonyl (C=O) groups excluding carboxylic acids is 1. The van der Waals surface area contributed by atoms with Crippen molar-refractivity contribution in [3.8, 4) is 0 Å². The maximum Gasteiger partial charge on any atom is 0.244 e. The number of carbonyl (C=O) groups is 1. The Morgan fingerprint density at radius 1 is 1.33 bits per heavy atom. The number of benzene rings is 1. The number of piperidine rings is 1. The van der Waals surface area contributed by atoms with Gasteiger partial charge in [0.25, 0.3) is 0 Å². The summed E-state index contributed by atoms with van der Waals surface area (Å²) in [6, 6.07) is 6.28. The van der Waals surface area contributed by atoms with Gasteiger partial charge in [-0.2, -0.15) is 4.31 Å². The van der Waals surface area contributed by atoms with E-state index in [0.29, 0.717) is 19.4 Å². The van der Waals surface area contributed by atoms with Crippen LogP contribution in [0.2, 0.25) is 5.02 Å². The molecule has 2 rings (SSSR count). The second-order valence-corrected chi connectivity index (χ2v) is 8.54. The van der Waals surface area contributed by atoms with Crippen molar-refractivity contribution in [2.45, 2.75) is 50.5 Å². The van der Waals surface area contributed by atoms with Crippen LogP contribution in [0.15, 0.2) is 29.2 Å². The van der Waals surface area contributed by atoms with Gasteiger partial charge in [0.05, 0.1) is 10.9 Å². The van der Waals surface area contributed by atoms with Crippen molar-refractivity contribution in [2.75, 3.05) is 13.1 Å². The molecule has 2 atom stereocenters. The molecule has 1 aromatic carbocycles. The molecule has 1 amide bonds. The van der Waals surface area contributed by atoms with E-state index < -0.39 is 10.0 Å². The zero-order valence-corrected chi connectivity index (χ0v) is 15.7. The van der Waals surface area contributed by atoms with E-state index in [2.05, 4.69) is 12.2 Å². The Morgan fingerprint density at radius 2 is 2.04 bits per heavy atom. The van der Waals surface area contributed by atoms with Crippen LogP contribution in [-0.4, -0.2) is 37.8 Å². The molecule has 1 heterocycles. The van der Waals surface area contributed by atoms with Gasteiger partial charge in [-0.05, 0) is 38.3 Å². The highest BCUT2D eigenvalue weighted by Crippen LogP contribution is 2.31. The standard InChI is InChI=1S/C17H25ClN2O3S/c1-3-4-11-19-17(21)14-10-9-13(2)20(12-14)24(22,23)16-8-6-5-7-15(16)18/h5-8,13-14H,3-4,9-12H2,1-2H3,(H,19,21). The van der Waals surface area contributed by atoms with Crippen LogP contribution < -0.4 is 5.32 Å². The minimum Gasteiger partial charge on any atom is -0.356 e. The zero-order valence-electron chi connectivity index (χ0n) is 14.2. The van der Waals surface area contributed by atoms with Gasteiger partial charge < -0.3 is 5.32 Å². The summed E-state index contributed by atoms with van der Waals surface area (Å²) in [6.45, 7) is 4.78. The van der Waals surface area contributed by atoms with Gasteiger partial charge in [0, 0.05) is 19.1 Å². The van der Waals surface area contributed by atoms with E-state index >= 15 is 0 Å². The molecule has 1 saturated heterocycles. The summed E-state index contributed by atoms with van der Waals surface area (Å²) in [5, 5.41) is 3.11. The van der Waals surface area contributed by atoms with E-state index in [4.69, 9.17) is 11.6 Å². The van der Waals surface area contributed by atoms with E-state index in [1.165, 1.54) is 10.4 Å². The fourth-order valence-corrected chi connectivity index (χ4v) is 5.14. The molecule has 2 unspecified atom stereocenters. The summed E-state index contributed by atoms with van der Waals surface area (Å²) in [7, 11) is -3.71. The first-order valence-electron chi connectivity index (χ1n) is 8.42. The van der Waals surface area contributed by atoms with Gasteiger partial charge in [0.2, 0.25) is 15.9 Å². The van der Waals surface area contributed by atoms with Gasteiger partial charge in [-0.25, -0.2) is 8.42 Å². The van der Waals surface area contributed by atoms with Crippen molar-refractivity contribution in [3.63, 3.8) is 0 Å². The summed E-state index contributed by atoms with van der Waals surface area (Å²) in [6.07, 6.45) is 3.30. The lowest BCUT2D eigenvalue weighted by molar-refractivity contribution is -0.126. The maximum absolute atomic E-state index is 13.0. The topological polar surface area (TPSA) is 66.5 Å². The lowest BCUT2D eigenvalue weighted by Gasteiger charge is -2.36. The second kappa shape index (κ2) is 8.32. The van der Waals surface area contributed by atoms with Crippen LogP contribution in [0.25, 0.3) is 0 Å². The predicted octanol–water partition coefficient (Wildman–Crippen LogP) is 3.05. The van der Waals surface area contributed by atoms with Crippen molar-refractivity contribution in [1.29, 1.82) is 0 Å². The third-order valence-electron chi connectivity index (χ3n) is 4.45. The Labute approximate surface area is 149 Å². The number of rotatable bonds is 6. The van der Waals surface area contributed by atoms with Crippen LogP contribution in [0.3, 0.4) is 0 Å². The van der Waals surface area contributed by atoms with Gasteiger partial charge in [0.15, 0.2) is 0 Å².